The fourth-order valence-corrected chi connectivity index (χ4v) is 2.21. The Kier molecular flexibility index (Phi) is 5.60. The van der Waals surface area contributed by atoms with Gasteiger partial charge in [0.25, 0.3) is 0 Å². The lowest BCUT2D eigenvalue weighted by molar-refractivity contribution is -0.455. The van der Waals surface area contributed by atoms with Gasteiger partial charge in [-0.25, -0.2) is 4.74 Å². The van der Waals surface area contributed by atoms with E-state index in [4.69, 9.17) is 0 Å². The van der Waals surface area contributed by atoms with E-state index < -0.39 is 0 Å². The second-order valence-electron chi connectivity index (χ2n) is 4.88. The predicted octanol–water partition coefficient (Wildman–Crippen LogP) is 3.81. The minimum atomic E-state index is 0.121. The topological polar surface area (TPSA) is 26.1 Å². The molecule has 0 aromatic heterocycles. The van der Waals surface area contributed by atoms with Crippen molar-refractivity contribution in [2.24, 2.45) is 0 Å². The molecular weight excluding hydrogens is 258 g/mol. The summed E-state index contributed by atoms with van der Waals surface area (Å²) in [5, 5.41) is 12.2. The van der Waals surface area contributed by atoms with Crippen molar-refractivity contribution in [3.05, 3.63) is 77.0 Å². The molecule has 0 aliphatic rings. The highest BCUT2D eigenvalue weighted by atomic mass is 16.5. The normalized spacial score (nSPS) is 12.3. The van der Waals surface area contributed by atoms with E-state index in [2.05, 4.69) is 24.0 Å². The molecule has 0 spiro atoms. The first-order valence-electron chi connectivity index (χ1n) is 7.08. The van der Waals surface area contributed by atoms with Crippen molar-refractivity contribution in [1.82, 2.24) is 0 Å². The minimum Gasteiger partial charge on any atom is -0.624 e. The third kappa shape index (κ3) is 4.81. The molecular formula is C19H19NO. The van der Waals surface area contributed by atoms with Gasteiger partial charge < -0.3 is 5.21 Å². The molecule has 0 N–H and O–H groups in total. The quantitative estimate of drug-likeness (QED) is 0.268. The van der Waals surface area contributed by atoms with Gasteiger partial charge in [0.2, 0.25) is 0 Å². The molecule has 0 amide bonds. The van der Waals surface area contributed by atoms with Crippen LogP contribution in [0.3, 0.4) is 0 Å². The molecule has 0 saturated heterocycles. The number of benzene rings is 2. The number of nitrogens with zero attached hydrogens (tertiary/aromatic N) is 1. The number of rotatable bonds is 5. The molecule has 21 heavy (non-hydrogen) atoms. The van der Waals surface area contributed by atoms with E-state index in [9.17, 15) is 5.21 Å². The Hall–Kier alpha value is -2.53. The zero-order valence-corrected chi connectivity index (χ0v) is 12.2. The molecule has 0 saturated carbocycles. The monoisotopic (exact) mass is 277 g/mol. The summed E-state index contributed by atoms with van der Waals surface area (Å²) in [5.74, 6) is 6.12. The first kappa shape index (κ1) is 14.9. The van der Waals surface area contributed by atoms with Crippen LogP contribution in [0.1, 0.15) is 30.4 Å². The molecule has 2 aromatic carbocycles. The Labute approximate surface area is 126 Å². The fraction of sp³-hybridized carbons (Fsp3) is 0.211. The van der Waals surface area contributed by atoms with Crippen LogP contribution in [0.2, 0.25) is 0 Å². The van der Waals surface area contributed by atoms with Crippen LogP contribution in [0.5, 0.6) is 0 Å². The maximum absolute atomic E-state index is 12.2. The Morgan fingerprint density at radius 1 is 1.05 bits per heavy atom. The van der Waals surface area contributed by atoms with Gasteiger partial charge in [-0.15, -0.1) is 11.8 Å². The molecule has 0 aliphatic carbocycles. The first-order chi connectivity index (χ1) is 10.3. The lowest BCUT2D eigenvalue weighted by atomic mass is 9.96. The standard InChI is InChI=1S/C19H19NO/c1-2-3-12-19(18-13-8-5-9-14-18)16-20(21)15-17-10-6-4-7-11-17/h4-11,13-15,19H,12,16H2,1H3/b20-15-. The molecule has 0 heterocycles. The maximum atomic E-state index is 12.2. The van der Waals surface area contributed by atoms with Gasteiger partial charge in [-0.2, -0.15) is 0 Å². The maximum Gasteiger partial charge on any atom is 0.181 e. The summed E-state index contributed by atoms with van der Waals surface area (Å²) < 4.78 is 1.00. The highest BCUT2D eigenvalue weighted by molar-refractivity contribution is 5.75. The van der Waals surface area contributed by atoms with E-state index >= 15 is 0 Å². The molecule has 1 unspecified atom stereocenters. The van der Waals surface area contributed by atoms with Crippen LogP contribution in [0.25, 0.3) is 0 Å². The summed E-state index contributed by atoms with van der Waals surface area (Å²) in [4.78, 5) is 0. The molecule has 2 rings (SSSR count). The Morgan fingerprint density at radius 2 is 1.67 bits per heavy atom. The number of hydrogen-bond donors (Lipinski definition) is 0. The molecule has 0 radical (unpaired) electrons. The van der Waals surface area contributed by atoms with Crippen molar-refractivity contribution in [3.63, 3.8) is 0 Å². The molecule has 0 aliphatic heterocycles. The average Bonchev–Trinajstić information content (AvgIpc) is 2.53. The molecule has 1 atom stereocenters. The van der Waals surface area contributed by atoms with Gasteiger partial charge in [-0.05, 0) is 24.6 Å². The van der Waals surface area contributed by atoms with E-state index in [1.54, 1.807) is 6.21 Å². The fourth-order valence-electron chi connectivity index (χ4n) is 2.21. The molecule has 2 aromatic rings. The zero-order valence-electron chi connectivity index (χ0n) is 12.2. The third-order valence-corrected chi connectivity index (χ3v) is 3.29. The van der Waals surface area contributed by atoms with Crippen LogP contribution in [0.4, 0.5) is 0 Å². The highest BCUT2D eigenvalue weighted by Gasteiger charge is 2.14. The van der Waals surface area contributed by atoms with Gasteiger partial charge in [0.05, 0.1) is 5.92 Å². The summed E-state index contributed by atoms with van der Waals surface area (Å²) in [6.45, 7) is 2.24. The SMILES string of the molecule is CC#CCC(C/[N+]([O-])=C/c1ccccc1)c1ccccc1. The van der Waals surface area contributed by atoms with E-state index in [1.165, 1.54) is 0 Å². The molecule has 2 heteroatoms. The summed E-state index contributed by atoms with van der Waals surface area (Å²) in [7, 11) is 0. The van der Waals surface area contributed by atoms with Gasteiger partial charge in [-0.1, -0.05) is 48.5 Å². The van der Waals surface area contributed by atoms with Crippen molar-refractivity contribution in [1.29, 1.82) is 0 Å². The summed E-state index contributed by atoms with van der Waals surface area (Å²) in [5.41, 5.74) is 2.07. The van der Waals surface area contributed by atoms with Crippen LogP contribution in [-0.4, -0.2) is 17.5 Å². The van der Waals surface area contributed by atoms with Crippen LogP contribution >= 0.6 is 0 Å². The third-order valence-electron chi connectivity index (χ3n) is 3.29. The summed E-state index contributed by atoms with van der Waals surface area (Å²) >= 11 is 0. The summed E-state index contributed by atoms with van der Waals surface area (Å²) in [6.07, 6.45) is 2.33. The lowest BCUT2D eigenvalue weighted by Crippen LogP contribution is -2.16. The van der Waals surface area contributed by atoms with Crippen molar-refractivity contribution >= 4 is 6.21 Å². The van der Waals surface area contributed by atoms with Gasteiger partial charge in [0.15, 0.2) is 12.8 Å². The first-order valence-corrected chi connectivity index (χ1v) is 7.08. The van der Waals surface area contributed by atoms with Gasteiger partial charge in [0, 0.05) is 12.0 Å². The Morgan fingerprint density at radius 3 is 2.29 bits per heavy atom. The van der Waals surface area contributed by atoms with Crippen molar-refractivity contribution in [2.45, 2.75) is 19.3 Å². The Balaban J connectivity index is 2.14. The van der Waals surface area contributed by atoms with Crippen molar-refractivity contribution in [3.8, 4) is 11.8 Å². The van der Waals surface area contributed by atoms with Crippen LogP contribution in [0.15, 0.2) is 60.7 Å². The average molecular weight is 277 g/mol. The second-order valence-corrected chi connectivity index (χ2v) is 4.88. The van der Waals surface area contributed by atoms with Crippen LogP contribution < -0.4 is 0 Å². The summed E-state index contributed by atoms with van der Waals surface area (Å²) in [6, 6.07) is 19.7. The van der Waals surface area contributed by atoms with Gasteiger partial charge >= 0.3 is 0 Å². The van der Waals surface area contributed by atoms with Crippen LogP contribution in [-0.2, 0) is 0 Å². The highest BCUT2D eigenvalue weighted by Crippen LogP contribution is 2.19. The smallest absolute Gasteiger partial charge is 0.181 e. The largest absolute Gasteiger partial charge is 0.624 e. The molecule has 0 bridgehead atoms. The van der Waals surface area contributed by atoms with E-state index in [0.717, 1.165) is 15.9 Å². The van der Waals surface area contributed by atoms with E-state index in [1.807, 2.05) is 55.5 Å². The Bertz CT molecular complexity index is 636. The lowest BCUT2D eigenvalue weighted by Gasteiger charge is -2.14. The van der Waals surface area contributed by atoms with Crippen molar-refractivity contribution < 1.29 is 4.74 Å². The van der Waals surface area contributed by atoms with E-state index in [-0.39, 0.29) is 5.92 Å². The van der Waals surface area contributed by atoms with E-state index in [0.29, 0.717) is 13.0 Å². The zero-order chi connectivity index (χ0) is 14.9. The molecule has 0 fully saturated rings. The van der Waals surface area contributed by atoms with Crippen molar-refractivity contribution in [2.75, 3.05) is 6.54 Å². The van der Waals surface area contributed by atoms with Gasteiger partial charge in [0.1, 0.15) is 0 Å². The molecule has 2 nitrogen and oxygen atoms in total. The van der Waals surface area contributed by atoms with Crippen LogP contribution in [0, 0.1) is 17.0 Å². The predicted molar refractivity (Wildman–Crippen MR) is 87.4 cm³/mol. The minimum absolute atomic E-state index is 0.121. The molecule has 106 valence electrons. The van der Waals surface area contributed by atoms with Gasteiger partial charge in [-0.3, -0.25) is 0 Å². The second kappa shape index (κ2) is 7.91. The number of hydroxylamine groups is 1. The number of hydrogen-bond acceptors (Lipinski definition) is 1.